The molecule has 154 valence electrons. The van der Waals surface area contributed by atoms with Gasteiger partial charge in [-0.3, -0.25) is 5.43 Å². The number of hydrogen-bond acceptors (Lipinski definition) is 4. The number of amidine groups is 1. The number of azo groups is 1. The summed E-state index contributed by atoms with van der Waals surface area (Å²) in [5, 5.41) is 13.2. The number of benzene rings is 3. The third kappa shape index (κ3) is 6.58. The van der Waals surface area contributed by atoms with Crippen LogP contribution in [0.1, 0.15) is 5.56 Å². The zero-order chi connectivity index (χ0) is 21.0. The fraction of sp³-hybridized carbons (Fsp3) is 0.174. The summed E-state index contributed by atoms with van der Waals surface area (Å²) < 4.78 is 0. The Bertz CT molecular complexity index is 938. The summed E-state index contributed by atoms with van der Waals surface area (Å²) in [5.74, 6) is 1.59. The molecule has 0 fully saturated rings. The van der Waals surface area contributed by atoms with Crippen LogP contribution in [-0.2, 0) is 0 Å². The molecule has 0 aliphatic heterocycles. The second-order valence-corrected chi connectivity index (χ2v) is 7.12. The van der Waals surface area contributed by atoms with E-state index < -0.39 is 0 Å². The van der Waals surface area contributed by atoms with Crippen molar-refractivity contribution in [2.24, 2.45) is 15.3 Å². The monoisotopic (exact) mass is 439 g/mol. The molecule has 0 unspecified atom stereocenters. The first-order valence-electron chi connectivity index (χ1n) is 9.63. The summed E-state index contributed by atoms with van der Waals surface area (Å²) >= 11 is 11.8. The number of para-hydroxylation sites is 1. The van der Waals surface area contributed by atoms with Gasteiger partial charge in [0.2, 0.25) is 5.84 Å². The van der Waals surface area contributed by atoms with E-state index in [1.54, 1.807) is 0 Å². The lowest BCUT2D eigenvalue weighted by Gasteiger charge is -2.22. The molecule has 3 rings (SSSR count). The lowest BCUT2D eigenvalue weighted by molar-refractivity contribution is 0.874. The molecule has 0 heterocycles. The number of nitrogens with one attached hydrogen (secondary N) is 1. The predicted molar refractivity (Wildman–Crippen MR) is 128 cm³/mol. The van der Waals surface area contributed by atoms with Crippen molar-refractivity contribution in [3.05, 3.63) is 90.5 Å². The van der Waals surface area contributed by atoms with Crippen LogP contribution < -0.4 is 10.3 Å². The van der Waals surface area contributed by atoms with E-state index in [0.717, 1.165) is 35.7 Å². The van der Waals surface area contributed by atoms with E-state index in [4.69, 9.17) is 23.2 Å². The number of hydrogen-bond donors (Lipinski definition) is 1. The van der Waals surface area contributed by atoms with Crippen LogP contribution in [0.25, 0.3) is 0 Å². The van der Waals surface area contributed by atoms with E-state index in [-0.39, 0.29) is 0 Å². The Labute approximate surface area is 187 Å². The van der Waals surface area contributed by atoms with Gasteiger partial charge in [-0.2, -0.15) is 5.10 Å². The van der Waals surface area contributed by atoms with Gasteiger partial charge in [0.15, 0.2) is 0 Å². The first-order chi connectivity index (χ1) is 14.8. The first kappa shape index (κ1) is 21.8. The molecular formula is C23H23Cl2N5. The van der Waals surface area contributed by atoms with Gasteiger partial charge < -0.3 is 4.90 Å². The van der Waals surface area contributed by atoms with Crippen molar-refractivity contribution in [2.45, 2.75) is 0 Å². The Morgan fingerprint density at radius 1 is 0.767 bits per heavy atom. The molecule has 0 radical (unpaired) electrons. The lowest BCUT2D eigenvalue weighted by atomic mass is 10.2. The second-order valence-electron chi connectivity index (χ2n) is 6.36. The van der Waals surface area contributed by atoms with Crippen LogP contribution in [0.3, 0.4) is 0 Å². The van der Waals surface area contributed by atoms with Crippen molar-refractivity contribution >= 4 is 46.1 Å². The average molecular weight is 440 g/mol. The zero-order valence-electron chi connectivity index (χ0n) is 16.5. The molecule has 0 aliphatic carbocycles. The Kier molecular flexibility index (Phi) is 8.69. The van der Waals surface area contributed by atoms with Crippen LogP contribution in [0.4, 0.5) is 17.1 Å². The number of nitrogens with zero attached hydrogens (tertiary/aromatic N) is 4. The van der Waals surface area contributed by atoms with E-state index in [1.807, 2.05) is 84.9 Å². The van der Waals surface area contributed by atoms with Crippen LogP contribution >= 0.6 is 23.2 Å². The molecule has 0 spiro atoms. The van der Waals surface area contributed by atoms with Gasteiger partial charge in [-0.05, 0) is 36.4 Å². The minimum Gasteiger partial charge on any atom is -0.369 e. The van der Waals surface area contributed by atoms with Crippen molar-refractivity contribution in [1.82, 2.24) is 0 Å². The molecule has 7 heteroatoms. The summed E-state index contributed by atoms with van der Waals surface area (Å²) in [5.41, 5.74) is 6.57. The summed E-state index contributed by atoms with van der Waals surface area (Å²) in [4.78, 5) is 2.14. The minimum atomic E-state index is 0.495. The van der Waals surface area contributed by atoms with Crippen molar-refractivity contribution in [3.63, 3.8) is 0 Å². The Balaban J connectivity index is 1.78. The maximum atomic E-state index is 5.89. The van der Waals surface area contributed by atoms with E-state index >= 15 is 0 Å². The highest BCUT2D eigenvalue weighted by Gasteiger charge is 2.06. The molecular weight excluding hydrogens is 417 g/mol. The summed E-state index contributed by atoms with van der Waals surface area (Å²) in [6.07, 6.45) is 0. The van der Waals surface area contributed by atoms with Gasteiger partial charge in [-0.15, -0.1) is 33.4 Å². The fourth-order valence-electron chi connectivity index (χ4n) is 2.77. The quantitative estimate of drug-likeness (QED) is 0.135. The lowest BCUT2D eigenvalue weighted by Crippen LogP contribution is -2.27. The molecule has 0 saturated carbocycles. The number of alkyl halides is 2. The largest absolute Gasteiger partial charge is 0.369 e. The van der Waals surface area contributed by atoms with Crippen molar-refractivity contribution in [3.8, 4) is 0 Å². The van der Waals surface area contributed by atoms with Crippen LogP contribution in [0, 0.1) is 0 Å². The van der Waals surface area contributed by atoms with E-state index in [1.165, 1.54) is 0 Å². The van der Waals surface area contributed by atoms with Crippen molar-refractivity contribution in [2.75, 3.05) is 35.2 Å². The second kappa shape index (κ2) is 12.0. The van der Waals surface area contributed by atoms with Crippen molar-refractivity contribution < 1.29 is 0 Å². The topological polar surface area (TPSA) is 52.4 Å². The van der Waals surface area contributed by atoms with Gasteiger partial charge in [0.05, 0.1) is 11.4 Å². The van der Waals surface area contributed by atoms with Gasteiger partial charge in [0.25, 0.3) is 0 Å². The highest BCUT2D eigenvalue weighted by molar-refractivity contribution is 6.18. The van der Waals surface area contributed by atoms with Gasteiger partial charge in [-0.25, -0.2) is 0 Å². The number of hydrazone groups is 1. The average Bonchev–Trinajstić information content (AvgIpc) is 2.81. The molecule has 0 atom stereocenters. The van der Waals surface area contributed by atoms with Gasteiger partial charge >= 0.3 is 0 Å². The van der Waals surface area contributed by atoms with E-state index in [0.29, 0.717) is 17.6 Å². The molecule has 3 aromatic rings. The van der Waals surface area contributed by atoms with Gasteiger partial charge in [0.1, 0.15) is 0 Å². The third-order valence-electron chi connectivity index (χ3n) is 4.28. The molecule has 5 nitrogen and oxygen atoms in total. The predicted octanol–water partition coefficient (Wildman–Crippen LogP) is 6.53. The van der Waals surface area contributed by atoms with Crippen LogP contribution in [0.15, 0.2) is 100 Å². The Morgan fingerprint density at radius 2 is 1.37 bits per heavy atom. The highest BCUT2D eigenvalue weighted by Crippen LogP contribution is 2.21. The molecule has 0 aromatic heterocycles. The summed E-state index contributed by atoms with van der Waals surface area (Å²) in [6.45, 7) is 1.48. The SMILES string of the molecule is ClCCN(CCCl)c1ccc(N=N/C(=N\Nc2ccccc2)c2ccccc2)cc1. The maximum Gasteiger partial charge on any atom is 0.201 e. The number of rotatable bonds is 9. The highest BCUT2D eigenvalue weighted by atomic mass is 35.5. The first-order valence-corrected chi connectivity index (χ1v) is 10.7. The van der Waals surface area contributed by atoms with Crippen LogP contribution in [0.5, 0.6) is 0 Å². The maximum absolute atomic E-state index is 5.89. The van der Waals surface area contributed by atoms with Gasteiger partial charge in [0, 0.05) is 36.1 Å². The van der Waals surface area contributed by atoms with Crippen LogP contribution in [0.2, 0.25) is 0 Å². The number of anilines is 2. The van der Waals surface area contributed by atoms with Crippen molar-refractivity contribution in [1.29, 1.82) is 0 Å². The molecule has 1 N–H and O–H groups in total. The normalized spacial score (nSPS) is 11.6. The van der Waals surface area contributed by atoms with E-state index in [2.05, 4.69) is 25.7 Å². The summed E-state index contributed by atoms with van der Waals surface area (Å²) in [6, 6.07) is 27.3. The fourth-order valence-corrected chi connectivity index (χ4v) is 3.18. The van der Waals surface area contributed by atoms with E-state index in [9.17, 15) is 0 Å². The number of halogens is 2. The smallest absolute Gasteiger partial charge is 0.201 e. The Morgan fingerprint density at radius 3 is 1.97 bits per heavy atom. The third-order valence-corrected chi connectivity index (χ3v) is 4.62. The van der Waals surface area contributed by atoms with Gasteiger partial charge in [-0.1, -0.05) is 48.5 Å². The standard InChI is InChI=1S/C23H23Cl2N5/c24-15-17-30(18-16-25)22-13-11-21(12-14-22)27-29-23(19-7-3-1-4-8-19)28-26-20-9-5-2-6-10-20/h1-14,26H,15-18H2/b28-23-,29-27?. The molecule has 0 saturated heterocycles. The minimum absolute atomic E-state index is 0.495. The van der Waals surface area contributed by atoms with Crippen LogP contribution in [-0.4, -0.2) is 30.7 Å². The summed E-state index contributed by atoms with van der Waals surface area (Å²) in [7, 11) is 0. The molecule has 0 aliphatic rings. The molecule has 30 heavy (non-hydrogen) atoms. The zero-order valence-corrected chi connectivity index (χ0v) is 18.0. The molecule has 0 amide bonds. The molecule has 0 bridgehead atoms. The Hall–Kier alpha value is -2.89. The molecule has 3 aromatic carbocycles.